The van der Waals surface area contributed by atoms with Gasteiger partial charge in [0.15, 0.2) is 5.58 Å². The van der Waals surface area contributed by atoms with Crippen molar-refractivity contribution in [2.75, 3.05) is 17.1 Å². The van der Waals surface area contributed by atoms with Crippen LogP contribution in [0, 0.1) is 5.82 Å². The van der Waals surface area contributed by atoms with Crippen molar-refractivity contribution in [2.24, 2.45) is 0 Å². The molecule has 2 aromatic carbocycles. The summed E-state index contributed by atoms with van der Waals surface area (Å²) in [6.45, 7) is -0.0948. The van der Waals surface area contributed by atoms with E-state index in [0.717, 1.165) is 0 Å². The minimum atomic E-state index is -3.65. The van der Waals surface area contributed by atoms with Crippen LogP contribution in [0.4, 0.5) is 10.1 Å². The van der Waals surface area contributed by atoms with E-state index in [2.05, 4.69) is 9.71 Å². The molecule has 0 aliphatic heterocycles. The highest BCUT2D eigenvalue weighted by atomic mass is 32.2. The fraction of sp³-hybridized carbons (Fsp3) is 0.133. The Kier molecular flexibility index (Phi) is 4.26. The Labute approximate surface area is 136 Å². The van der Waals surface area contributed by atoms with Crippen LogP contribution < -0.4 is 15.2 Å². The van der Waals surface area contributed by atoms with Crippen LogP contribution in [0.5, 0.6) is 5.75 Å². The standard InChI is InChI=1S/C15H13FN2O5S/c16-10-1-4-12(5-2-10)22-7-8-24(20,21)18-11-3-6-13-14(9-11)23-15(19)17-13/h1-6,9,18H,7-8H2,(H,17,19). The molecule has 24 heavy (non-hydrogen) atoms. The Morgan fingerprint density at radius 3 is 2.67 bits per heavy atom. The van der Waals surface area contributed by atoms with Crippen molar-refractivity contribution in [3.8, 4) is 5.75 Å². The van der Waals surface area contributed by atoms with Crippen LogP contribution in [0.3, 0.4) is 0 Å². The first-order valence-corrected chi connectivity index (χ1v) is 8.58. The molecule has 1 aromatic heterocycles. The number of ether oxygens (including phenoxy) is 1. The van der Waals surface area contributed by atoms with Gasteiger partial charge in [-0.25, -0.2) is 17.6 Å². The number of halogens is 1. The van der Waals surface area contributed by atoms with Crippen LogP contribution in [-0.2, 0) is 10.0 Å². The number of nitrogens with one attached hydrogen (secondary N) is 2. The van der Waals surface area contributed by atoms with Gasteiger partial charge in [-0.1, -0.05) is 0 Å². The lowest BCUT2D eigenvalue weighted by atomic mass is 10.3. The van der Waals surface area contributed by atoms with Crippen molar-refractivity contribution < 1.29 is 22.0 Å². The fourth-order valence-electron chi connectivity index (χ4n) is 2.04. The maximum atomic E-state index is 12.8. The predicted octanol–water partition coefficient (Wildman–Crippen LogP) is 2.08. The molecule has 0 bridgehead atoms. The molecule has 0 aliphatic rings. The summed E-state index contributed by atoms with van der Waals surface area (Å²) in [5.74, 6) is -0.928. The Morgan fingerprint density at radius 2 is 1.92 bits per heavy atom. The molecule has 7 nitrogen and oxygen atoms in total. The second-order valence-corrected chi connectivity index (χ2v) is 6.79. The first-order valence-electron chi connectivity index (χ1n) is 6.93. The average Bonchev–Trinajstić information content (AvgIpc) is 2.88. The number of aromatic amines is 1. The summed E-state index contributed by atoms with van der Waals surface area (Å²) in [6, 6.07) is 9.73. The van der Waals surface area contributed by atoms with Gasteiger partial charge in [-0.05, 0) is 36.4 Å². The number of aromatic nitrogens is 1. The van der Waals surface area contributed by atoms with E-state index in [4.69, 9.17) is 9.15 Å². The van der Waals surface area contributed by atoms with E-state index in [-0.39, 0.29) is 23.6 Å². The third-order valence-electron chi connectivity index (χ3n) is 3.13. The van der Waals surface area contributed by atoms with Crippen LogP contribution in [0.1, 0.15) is 0 Å². The van der Waals surface area contributed by atoms with Crippen LogP contribution in [0.15, 0.2) is 51.7 Å². The van der Waals surface area contributed by atoms with Gasteiger partial charge in [0.2, 0.25) is 10.0 Å². The Bertz CT molecular complexity index is 1010. The zero-order chi connectivity index (χ0) is 17.2. The van der Waals surface area contributed by atoms with Crippen molar-refractivity contribution in [1.82, 2.24) is 4.98 Å². The number of oxazole rings is 1. The van der Waals surface area contributed by atoms with E-state index in [1.807, 2.05) is 0 Å². The van der Waals surface area contributed by atoms with Crippen LogP contribution in [0.25, 0.3) is 11.1 Å². The molecule has 0 saturated carbocycles. The van der Waals surface area contributed by atoms with Crippen LogP contribution >= 0.6 is 0 Å². The number of H-pyrrole nitrogens is 1. The first kappa shape index (κ1) is 16.1. The lowest BCUT2D eigenvalue weighted by molar-refractivity contribution is 0.340. The molecule has 0 fully saturated rings. The molecule has 3 rings (SSSR count). The molecule has 0 spiro atoms. The van der Waals surface area contributed by atoms with E-state index in [9.17, 15) is 17.6 Å². The van der Waals surface area contributed by atoms with Crippen molar-refractivity contribution in [1.29, 1.82) is 0 Å². The summed E-state index contributed by atoms with van der Waals surface area (Å²) < 4.78 is 49.3. The molecule has 3 aromatic rings. The molecule has 1 heterocycles. The number of fused-ring (bicyclic) bond motifs is 1. The molecule has 0 saturated heterocycles. The number of hydrogen-bond donors (Lipinski definition) is 2. The van der Waals surface area contributed by atoms with E-state index >= 15 is 0 Å². The number of rotatable bonds is 6. The van der Waals surface area contributed by atoms with Gasteiger partial charge in [-0.2, -0.15) is 0 Å². The predicted molar refractivity (Wildman–Crippen MR) is 86.1 cm³/mol. The highest BCUT2D eigenvalue weighted by Crippen LogP contribution is 2.17. The molecule has 9 heteroatoms. The van der Waals surface area contributed by atoms with Gasteiger partial charge in [-0.15, -0.1) is 0 Å². The van der Waals surface area contributed by atoms with Crippen molar-refractivity contribution in [3.05, 3.63) is 58.8 Å². The monoisotopic (exact) mass is 352 g/mol. The minimum absolute atomic E-state index is 0.0948. The molecule has 2 N–H and O–H groups in total. The van der Waals surface area contributed by atoms with Gasteiger partial charge in [0.1, 0.15) is 23.9 Å². The highest BCUT2D eigenvalue weighted by Gasteiger charge is 2.12. The maximum Gasteiger partial charge on any atom is 0.417 e. The summed E-state index contributed by atoms with van der Waals surface area (Å²) in [7, 11) is -3.65. The number of hydrogen-bond acceptors (Lipinski definition) is 5. The molecule has 0 atom stereocenters. The quantitative estimate of drug-likeness (QED) is 0.707. The zero-order valence-electron chi connectivity index (χ0n) is 12.3. The first-order chi connectivity index (χ1) is 11.4. The van der Waals surface area contributed by atoms with Crippen molar-refractivity contribution in [2.45, 2.75) is 0 Å². The number of sulfonamides is 1. The Morgan fingerprint density at radius 1 is 1.17 bits per heavy atom. The molecule has 126 valence electrons. The Balaban J connectivity index is 1.62. The number of benzene rings is 2. The van der Waals surface area contributed by atoms with E-state index < -0.39 is 21.6 Å². The maximum absolute atomic E-state index is 12.8. The summed E-state index contributed by atoms with van der Waals surface area (Å²) >= 11 is 0. The lowest BCUT2D eigenvalue weighted by Crippen LogP contribution is -2.21. The van der Waals surface area contributed by atoms with Gasteiger partial charge >= 0.3 is 5.76 Å². The van der Waals surface area contributed by atoms with Gasteiger partial charge in [0.05, 0.1) is 11.2 Å². The molecule has 0 amide bonds. The molecular formula is C15H13FN2O5S. The third kappa shape index (κ3) is 3.93. The minimum Gasteiger partial charge on any atom is -0.492 e. The van der Waals surface area contributed by atoms with E-state index in [0.29, 0.717) is 11.3 Å². The van der Waals surface area contributed by atoms with E-state index in [1.165, 1.54) is 42.5 Å². The third-order valence-corrected chi connectivity index (χ3v) is 4.38. The summed E-state index contributed by atoms with van der Waals surface area (Å²) in [5, 5.41) is 0. The highest BCUT2D eigenvalue weighted by molar-refractivity contribution is 7.92. The topological polar surface area (TPSA) is 101 Å². The van der Waals surface area contributed by atoms with Gasteiger partial charge in [-0.3, -0.25) is 9.71 Å². The normalized spacial score (nSPS) is 11.5. The second-order valence-electron chi connectivity index (χ2n) is 4.95. The van der Waals surface area contributed by atoms with E-state index in [1.54, 1.807) is 0 Å². The Hall–Kier alpha value is -2.81. The van der Waals surface area contributed by atoms with Crippen LogP contribution in [0.2, 0.25) is 0 Å². The fourth-order valence-corrected chi connectivity index (χ4v) is 2.93. The van der Waals surface area contributed by atoms with Gasteiger partial charge in [0.25, 0.3) is 0 Å². The largest absolute Gasteiger partial charge is 0.492 e. The summed E-state index contributed by atoms with van der Waals surface area (Å²) in [4.78, 5) is 13.5. The molecular weight excluding hydrogens is 339 g/mol. The number of anilines is 1. The molecule has 0 aliphatic carbocycles. The second kappa shape index (κ2) is 6.36. The van der Waals surface area contributed by atoms with Crippen molar-refractivity contribution >= 4 is 26.8 Å². The SMILES string of the molecule is O=c1[nH]c2ccc(NS(=O)(=O)CCOc3ccc(F)cc3)cc2o1. The smallest absolute Gasteiger partial charge is 0.417 e. The molecule has 0 radical (unpaired) electrons. The van der Waals surface area contributed by atoms with Crippen LogP contribution in [-0.4, -0.2) is 25.8 Å². The van der Waals surface area contributed by atoms with Gasteiger partial charge < -0.3 is 9.15 Å². The lowest BCUT2D eigenvalue weighted by Gasteiger charge is -2.09. The molecule has 0 unspecified atom stereocenters. The summed E-state index contributed by atoms with van der Waals surface area (Å²) in [6.07, 6.45) is 0. The summed E-state index contributed by atoms with van der Waals surface area (Å²) in [5.41, 5.74) is 0.998. The van der Waals surface area contributed by atoms with Gasteiger partial charge in [0, 0.05) is 6.07 Å². The zero-order valence-corrected chi connectivity index (χ0v) is 13.1. The average molecular weight is 352 g/mol. The van der Waals surface area contributed by atoms with Crippen molar-refractivity contribution in [3.63, 3.8) is 0 Å².